The smallest absolute Gasteiger partial charge is 0.243 e. The summed E-state index contributed by atoms with van der Waals surface area (Å²) in [4.78, 5) is 23.3. The first-order chi connectivity index (χ1) is 15.0. The molecule has 1 amide bonds. The highest BCUT2D eigenvalue weighted by Crippen LogP contribution is 2.20. The van der Waals surface area contributed by atoms with E-state index in [1.165, 1.54) is 30.6 Å². The second kappa shape index (κ2) is 13.2. The minimum Gasteiger partial charge on any atom is -0.369 e. The highest BCUT2D eigenvalue weighted by molar-refractivity contribution is 14.0. The van der Waals surface area contributed by atoms with E-state index in [0.717, 1.165) is 45.0 Å². The molecule has 0 radical (unpaired) electrons. The number of nitrogens with one attached hydrogen (secondary N) is 2. The van der Waals surface area contributed by atoms with Crippen molar-refractivity contribution in [3.63, 3.8) is 0 Å². The molecule has 1 aromatic carbocycles. The number of hydrogen-bond donors (Lipinski definition) is 2. The van der Waals surface area contributed by atoms with E-state index in [1.807, 2.05) is 0 Å². The van der Waals surface area contributed by atoms with Gasteiger partial charge in [0.15, 0.2) is 5.96 Å². The van der Waals surface area contributed by atoms with Crippen LogP contribution in [0.2, 0.25) is 0 Å². The maximum atomic E-state index is 12.1. The van der Waals surface area contributed by atoms with Crippen molar-refractivity contribution in [1.82, 2.24) is 20.4 Å². The first-order valence-corrected chi connectivity index (χ1v) is 11.8. The average Bonchev–Trinajstić information content (AvgIpc) is 3.23. The predicted molar refractivity (Wildman–Crippen MR) is 144 cm³/mol. The van der Waals surface area contributed by atoms with Crippen molar-refractivity contribution in [2.24, 2.45) is 4.99 Å². The Bertz CT molecular complexity index is 739. The average molecular weight is 557 g/mol. The van der Waals surface area contributed by atoms with Crippen LogP contribution >= 0.6 is 24.0 Å². The summed E-state index contributed by atoms with van der Waals surface area (Å²) in [6.45, 7) is 9.66. The third-order valence-electron chi connectivity index (χ3n) is 6.44. The highest BCUT2D eigenvalue weighted by Gasteiger charge is 2.24. The summed E-state index contributed by atoms with van der Waals surface area (Å²) in [5.41, 5.74) is 2.56. The third kappa shape index (κ3) is 7.79. The van der Waals surface area contributed by atoms with E-state index >= 15 is 0 Å². The van der Waals surface area contributed by atoms with Gasteiger partial charge in [-0.3, -0.25) is 9.69 Å². The molecule has 2 fully saturated rings. The molecule has 1 aromatic rings. The van der Waals surface area contributed by atoms with Crippen molar-refractivity contribution in [2.75, 3.05) is 58.3 Å². The first-order valence-electron chi connectivity index (χ1n) is 11.8. The number of benzene rings is 1. The zero-order valence-corrected chi connectivity index (χ0v) is 22.5. The maximum Gasteiger partial charge on any atom is 0.243 e. The number of carbonyl (C=O) groups is 1. The summed E-state index contributed by atoms with van der Waals surface area (Å²) in [6, 6.07) is 9.61. The summed E-state index contributed by atoms with van der Waals surface area (Å²) in [7, 11) is 3.55. The molecule has 7 nitrogen and oxygen atoms in total. The number of aliphatic imine (C=N–C) groups is 1. The maximum absolute atomic E-state index is 12.1. The Morgan fingerprint density at radius 3 is 2.56 bits per heavy atom. The number of halogens is 1. The van der Waals surface area contributed by atoms with Crippen molar-refractivity contribution >= 4 is 41.5 Å². The fraction of sp³-hybridized carbons (Fsp3) is 0.667. The molecule has 0 saturated carbocycles. The lowest BCUT2D eigenvalue weighted by Gasteiger charge is -2.35. The quantitative estimate of drug-likeness (QED) is 0.307. The number of piperidine rings is 1. The lowest BCUT2D eigenvalue weighted by molar-refractivity contribution is -0.127. The Morgan fingerprint density at radius 2 is 1.88 bits per heavy atom. The van der Waals surface area contributed by atoms with Crippen molar-refractivity contribution < 1.29 is 4.79 Å². The van der Waals surface area contributed by atoms with E-state index in [4.69, 9.17) is 0 Å². The summed E-state index contributed by atoms with van der Waals surface area (Å²) in [5, 5.41) is 7.16. The van der Waals surface area contributed by atoms with Gasteiger partial charge in [-0.2, -0.15) is 0 Å². The molecular weight excluding hydrogens is 515 g/mol. The molecule has 2 saturated heterocycles. The van der Waals surface area contributed by atoms with Crippen molar-refractivity contribution in [3.05, 3.63) is 29.8 Å². The molecule has 2 N–H and O–H groups in total. The number of rotatable bonds is 7. The third-order valence-corrected chi connectivity index (χ3v) is 6.44. The van der Waals surface area contributed by atoms with Crippen LogP contribution in [0.1, 0.15) is 38.2 Å². The van der Waals surface area contributed by atoms with Crippen molar-refractivity contribution in [3.8, 4) is 0 Å². The van der Waals surface area contributed by atoms with Gasteiger partial charge < -0.3 is 20.4 Å². The molecule has 180 valence electrons. The van der Waals surface area contributed by atoms with Gasteiger partial charge in [0.2, 0.25) is 5.91 Å². The van der Waals surface area contributed by atoms with Gasteiger partial charge in [-0.1, -0.05) is 24.6 Å². The minimum atomic E-state index is 0. The molecule has 2 unspecified atom stereocenters. The van der Waals surface area contributed by atoms with E-state index < -0.39 is 0 Å². The number of aryl methyl sites for hydroxylation is 1. The molecule has 2 aliphatic rings. The van der Waals surface area contributed by atoms with Crippen LogP contribution in [-0.2, 0) is 4.79 Å². The molecule has 2 aliphatic heterocycles. The van der Waals surface area contributed by atoms with Gasteiger partial charge in [-0.15, -0.1) is 24.0 Å². The fourth-order valence-corrected chi connectivity index (χ4v) is 4.48. The van der Waals surface area contributed by atoms with Crippen LogP contribution in [-0.4, -0.2) is 87.1 Å². The molecule has 0 bridgehead atoms. The minimum absolute atomic E-state index is 0. The number of hydrogen-bond acceptors (Lipinski definition) is 4. The summed E-state index contributed by atoms with van der Waals surface area (Å²) in [6.07, 6.45) is 4.72. The molecule has 3 rings (SSSR count). The van der Waals surface area contributed by atoms with Gasteiger partial charge in [-0.25, -0.2) is 4.99 Å². The standard InChI is InChI=1S/C24H40N6O.HI/c1-5-29-14-7-9-22(29)16-25-24(26-17-23(31)28(3)4)27-20-8-6-15-30(18-20)21-12-10-19(2)11-13-21;/h10-13,20,22H,5-9,14-18H2,1-4H3,(H2,25,26,27);1H. The number of likely N-dealkylation sites (tertiary alicyclic amines) is 1. The van der Waals surface area contributed by atoms with Crippen LogP contribution in [0.15, 0.2) is 29.3 Å². The molecule has 2 heterocycles. The monoisotopic (exact) mass is 556 g/mol. The zero-order chi connectivity index (χ0) is 22.2. The van der Waals surface area contributed by atoms with Crippen LogP contribution in [0.5, 0.6) is 0 Å². The van der Waals surface area contributed by atoms with Gasteiger partial charge in [0, 0.05) is 51.5 Å². The normalized spacial score (nSPS) is 21.8. The molecular formula is C24H41IN6O. The Kier molecular flexibility index (Phi) is 11.0. The predicted octanol–water partition coefficient (Wildman–Crippen LogP) is 2.69. The van der Waals surface area contributed by atoms with Crippen molar-refractivity contribution in [1.29, 1.82) is 0 Å². The van der Waals surface area contributed by atoms with Gasteiger partial charge in [0.05, 0.1) is 0 Å². The Morgan fingerprint density at radius 1 is 1.16 bits per heavy atom. The number of guanidine groups is 1. The molecule has 0 spiro atoms. The molecule has 0 aromatic heterocycles. The van der Waals surface area contributed by atoms with Crippen LogP contribution in [0.25, 0.3) is 0 Å². The molecule has 32 heavy (non-hydrogen) atoms. The Balaban J connectivity index is 0.00000363. The molecule has 0 aliphatic carbocycles. The largest absolute Gasteiger partial charge is 0.369 e. The summed E-state index contributed by atoms with van der Waals surface area (Å²) < 4.78 is 0. The SMILES string of the molecule is CCN1CCCC1CNC(=NCC(=O)N(C)C)NC1CCCN(c2ccc(C)cc2)C1.I. The molecule has 2 atom stereocenters. The van der Waals surface area contributed by atoms with E-state index in [2.05, 4.69) is 63.5 Å². The Labute approximate surface area is 211 Å². The lowest BCUT2D eigenvalue weighted by Crippen LogP contribution is -2.53. The van der Waals surface area contributed by atoms with E-state index in [0.29, 0.717) is 12.1 Å². The number of amides is 1. The zero-order valence-electron chi connectivity index (χ0n) is 20.1. The Hall–Kier alpha value is -1.55. The second-order valence-corrected chi connectivity index (χ2v) is 9.02. The van der Waals surface area contributed by atoms with Crippen LogP contribution in [0.4, 0.5) is 5.69 Å². The number of nitrogens with zero attached hydrogens (tertiary/aromatic N) is 4. The topological polar surface area (TPSA) is 63.2 Å². The number of anilines is 1. The number of carbonyl (C=O) groups excluding carboxylic acids is 1. The fourth-order valence-electron chi connectivity index (χ4n) is 4.48. The van der Waals surface area contributed by atoms with Crippen LogP contribution < -0.4 is 15.5 Å². The summed E-state index contributed by atoms with van der Waals surface area (Å²) in [5.74, 6) is 0.774. The summed E-state index contributed by atoms with van der Waals surface area (Å²) >= 11 is 0. The van der Waals surface area contributed by atoms with Crippen LogP contribution in [0.3, 0.4) is 0 Å². The van der Waals surface area contributed by atoms with E-state index in [9.17, 15) is 4.79 Å². The first kappa shape index (κ1) is 26.7. The van der Waals surface area contributed by atoms with E-state index in [-0.39, 0.29) is 36.4 Å². The van der Waals surface area contributed by atoms with Gasteiger partial charge in [0.1, 0.15) is 6.54 Å². The van der Waals surface area contributed by atoms with Crippen LogP contribution in [0, 0.1) is 6.92 Å². The van der Waals surface area contributed by atoms with E-state index in [1.54, 1.807) is 19.0 Å². The second-order valence-electron chi connectivity index (χ2n) is 9.02. The van der Waals surface area contributed by atoms with Crippen molar-refractivity contribution in [2.45, 2.75) is 51.6 Å². The lowest BCUT2D eigenvalue weighted by atomic mass is 10.0. The van der Waals surface area contributed by atoms with Gasteiger partial charge in [-0.05, 0) is 57.8 Å². The van der Waals surface area contributed by atoms with Gasteiger partial charge >= 0.3 is 0 Å². The van der Waals surface area contributed by atoms with Gasteiger partial charge in [0.25, 0.3) is 0 Å². The highest BCUT2D eigenvalue weighted by atomic mass is 127. The number of likely N-dealkylation sites (N-methyl/N-ethyl adjacent to an activating group) is 2. The molecule has 8 heteroatoms.